The molecule has 0 spiro atoms. The molecule has 1 unspecified atom stereocenters. The Kier molecular flexibility index (Phi) is 3.17. The van der Waals surface area contributed by atoms with Gasteiger partial charge in [0, 0.05) is 12.8 Å². The number of ether oxygens (including phenoxy) is 1. The van der Waals surface area contributed by atoms with Crippen molar-refractivity contribution in [1.82, 2.24) is 0 Å². The highest BCUT2D eigenvalue weighted by molar-refractivity contribution is 9.10. The van der Waals surface area contributed by atoms with Crippen LogP contribution in [0.3, 0.4) is 0 Å². The maximum Gasteiger partial charge on any atom is 0.138 e. The summed E-state index contributed by atoms with van der Waals surface area (Å²) < 4.78 is 19.1. The molecule has 0 N–H and O–H groups in total. The van der Waals surface area contributed by atoms with E-state index in [0.717, 1.165) is 0 Å². The third-order valence-corrected chi connectivity index (χ3v) is 3.28. The molecule has 1 atom stereocenters. The van der Waals surface area contributed by atoms with Crippen molar-refractivity contribution < 1.29 is 13.9 Å². The molecule has 80 valence electrons. The van der Waals surface area contributed by atoms with Gasteiger partial charge in [-0.15, -0.1) is 0 Å². The number of hydrogen-bond donors (Lipinski definition) is 0. The van der Waals surface area contributed by atoms with E-state index in [1.165, 1.54) is 6.07 Å². The highest BCUT2D eigenvalue weighted by Gasteiger charge is 2.24. The molecule has 0 amide bonds. The Hall–Kier alpha value is -0.740. The van der Waals surface area contributed by atoms with Crippen molar-refractivity contribution in [1.29, 1.82) is 0 Å². The predicted molar refractivity (Wildman–Crippen MR) is 57.0 cm³/mol. The molecule has 1 aliphatic rings. The van der Waals surface area contributed by atoms with E-state index in [1.54, 1.807) is 12.1 Å². The second kappa shape index (κ2) is 4.41. The minimum atomic E-state index is -0.325. The highest BCUT2D eigenvalue weighted by Crippen LogP contribution is 2.32. The predicted octanol–water partition coefficient (Wildman–Crippen LogP) is 3.01. The number of rotatable bonds is 1. The van der Waals surface area contributed by atoms with Crippen molar-refractivity contribution in [2.75, 3.05) is 6.61 Å². The van der Waals surface area contributed by atoms with E-state index >= 15 is 0 Å². The van der Waals surface area contributed by atoms with Gasteiger partial charge in [0.05, 0.1) is 17.2 Å². The molecule has 0 aromatic heterocycles. The maximum atomic E-state index is 13.2. The van der Waals surface area contributed by atoms with Crippen molar-refractivity contribution in [2.45, 2.75) is 18.9 Å². The fraction of sp³-hybridized carbons (Fsp3) is 0.364. The lowest BCUT2D eigenvalue weighted by Crippen LogP contribution is -2.19. The zero-order valence-electron chi connectivity index (χ0n) is 8.00. The Labute approximate surface area is 95.6 Å². The molecule has 1 heterocycles. The largest absolute Gasteiger partial charge is 0.373 e. The van der Waals surface area contributed by atoms with Gasteiger partial charge in [0.1, 0.15) is 11.6 Å². The van der Waals surface area contributed by atoms with E-state index in [9.17, 15) is 9.18 Å². The van der Waals surface area contributed by atoms with Crippen LogP contribution >= 0.6 is 15.9 Å². The summed E-state index contributed by atoms with van der Waals surface area (Å²) in [6.07, 6.45) is 0.488. The van der Waals surface area contributed by atoms with Crippen LogP contribution in [0.1, 0.15) is 24.5 Å². The first-order valence-electron chi connectivity index (χ1n) is 4.75. The molecule has 1 aromatic carbocycles. The van der Waals surface area contributed by atoms with Gasteiger partial charge in [0.2, 0.25) is 0 Å². The fourth-order valence-corrected chi connectivity index (χ4v) is 2.17. The van der Waals surface area contributed by atoms with Crippen molar-refractivity contribution in [3.8, 4) is 0 Å². The van der Waals surface area contributed by atoms with Gasteiger partial charge in [-0.05, 0) is 27.6 Å². The first kappa shape index (κ1) is 10.8. The molecule has 0 bridgehead atoms. The SMILES string of the molecule is O=C1CCOC(c2cccc(F)c2Br)C1. The van der Waals surface area contributed by atoms with Crippen molar-refractivity contribution in [3.63, 3.8) is 0 Å². The maximum absolute atomic E-state index is 13.2. The second-order valence-electron chi connectivity index (χ2n) is 3.50. The average molecular weight is 273 g/mol. The van der Waals surface area contributed by atoms with Crippen molar-refractivity contribution >= 4 is 21.7 Å². The summed E-state index contributed by atoms with van der Waals surface area (Å²) in [7, 11) is 0. The smallest absolute Gasteiger partial charge is 0.138 e. The first-order chi connectivity index (χ1) is 7.18. The van der Waals surface area contributed by atoms with E-state index in [0.29, 0.717) is 29.5 Å². The van der Waals surface area contributed by atoms with Gasteiger partial charge in [0.25, 0.3) is 0 Å². The number of Topliss-reactive ketones (excluding diaryl/α,β-unsaturated/α-hetero) is 1. The minimum Gasteiger partial charge on any atom is -0.373 e. The molecule has 0 radical (unpaired) electrons. The van der Waals surface area contributed by atoms with E-state index in [2.05, 4.69) is 15.9 Å². The van der Waals surface area contributed by atoms with Crippen LogP contribution in [0.4, 0.5) is 4.39 Å². The quantitative estimate of drug-likeness (QED) is 0.786. The lowest BCUT2D eigenvalue weighted by Gasteiger charge is -2.23. The zero-order valence-corrected chi connectivity index (χ0v) is 9.59. The van der Waals surface area contributed by atoms with Crippen LogP contribution in [-0.4, -0.2) is 12.4 Å². The molecular formula is C11H10BrFO2. The summed E-state index contributed by atoms with van der Waals surface area (Å²) in [5.74, 6) is -0.156. The fourth-order valence-electron chi connectivity index (χ4n) is 1.65. The molecule has 0 aliphatic carbocycles. The molecule has 2 rings (SSSR count). The summed E-state index contributed by atoms with van der Waals surface area (Å²) in [5, 5.41) is 0. The molecule has 1 aromatic rings. The number of ketones is 1. The van der Waals surface area contributed by atoms with E-state index < -0.39 is 0 Å². The van der Waals surface area contributed by atoms with Crippen LogP contribution in [0.2, 0.25) is 0 Å². The van der Waals surface area contributed by atoms with Gasteiger partial charge in [-0.25, -0.2) is 4.39 Å². The first-order valence-corrected chi connectivity index (χ1v) is 5.55. The molecular weight excluding hydrogens is 263 g/mol. The normalized spacial score (nSPS) is 21.7. The Morgan fingerprint density at radius 1 is 1.47 bits per heavy atom. The zero-order chi connectivity index (χ0) is 10.8. The molecule has 2 nitrogen and oxygen atoms in total. The van der Waals surface area contributed by atoms with Crippen LogP contribution < -0.4 is 0 Å². The topological polar surface area (TPSA) is 26.3 Å². The van der Waals surface area contributed by atoms with Crippen LogP contribution in [0.5, 0.6) is 0 Å². The van der Waals surface area contributed by atoms with Gasteiger partial charge >= 0.3 is 0 Å². The number of hydrogen-bond acceptors (Lipinski definition) is 2. The monoisotopic (exact) mass is 272 g/mol. The van der Waals surface area contributed by atoms with Gasteiger partial charge in [-0.3, -0.25) is 4.79 Å². The van der Waals surface area contributed by atoms with Gasteiger partial charge in [-0.2, -0.15) is 0 Å². The molecule has 1 saturated heterocycles. The number of carbonyl (C=O) groups is 1. The molecule has 0 saturated carbocycles. The van der Waals surface area contributed by atoms with Gasteiger partial charge in [0.15, 0.2) is 0 Å². The summed E-state index contributed by atoms with van der Waals surface area (Å²) in [6, 6.07) is 4.77. The second-order valence-corrected chi connectivity index (χ2v) is 4.29. The van der Waals surface area contributed by atoms with Crippen LogP contribution in [-0.2, 0) is 9.53 Å². The Morgan fingerprint density at radius 3 is 3.00 bits per heavy atom. The average Bonchev–Trinajstić information content (AvgIpc) is 2.22. The molecule has 1 fully saturated rings. The summed E-state index contributed by atoms with van der Waals surface area (Å²) in [4.78, 5) is 11.3. The number of benzene rings is 1. The highest BCUT2D eigenvalue weighted by atomic mass is 79.9. The Balaban J connectivity index is 2.28. The van der Waals surface area contributed by atoms with Crippen LogP contribution in [0, 0.1) is 5.82 Å². The standard InChI is InChI=1S/C11H10BrFO2/c12-11-8(2-1-3-9(11)13)10-6-7(14)4-5-15-10/h1-3,10H,4-6H2. The molecule has 15 heavy (non-hydrogen) atoms. The van der Waals surface area contributed by atoms with Crippen molar-refractivity contribution in [2.24, 2.45) is 0 Å². The number of halogens is 2. The summed E-state index contributed by atoms with van der Waals surface area (Å²) in [6.45, 7) is 0.423. The Bertz CT molecular complexity index is 392. The third kappa shape index (κ3) is 2.26. The summed E-state index contributed by atoms with van der Waals surface area (Å²) >= 11 is 3.17. The van der Waals surface area contributed by atoms with Gasteiger partial charge in [-0.1, -0.05) is 12.1 Å². The van der Waals surface area contributed by atoms with Crippen molar-refractivity contribution in [3.05, 3.63) is 34.1 Å². The van der Waals surface area contributed by atoms with E-state index in [1.807, 2.05) is 0 Å². The van der Waals surface area contributed by atoms with E-state index in [4.69, 9.17) is 4.74 Å². The third-order valence-electron chi connectivity index (χ3n) is 2.44. The molecule has 4 heteroatoms. The van der Waals surface area contributed by atoms with Gasteiger partial charge < -0.3 is 4.74 Å². The molecule has 1 aliphatic heterocycles. The number of carbonyl (C=O) groups excluding carboxylic acids is 1. The lowest BCUT2D eigenvalue weighted by molar-refractivity contribution is -0.128. The van der Waals surface area contributed by atoms with Crippen LogP contribution in [0.25, 0.3) is 0 Å². The van der Waals surface area contributed by atoms with E-state index in [-0.39, 0.29) is 17.7 Å². The van der Waals surface area contributed by atoms with Crippen LogP contribution in [0.15, 0.2) is 22.7 Å². The summed E-state index contributed by atoms with van der Waals surface area (Å²) in [5.41, 5.74) is 0.711. The Morgan fingerprint density at radius 2 is 2.27 bits per heavy atom. The minimum absolute atomic E-state index is 0.169. The lowest BCUT2D eigenvalue weighted by atomic mass is 10.0.